The molecule has 8 rings (SSSR count). The fourth-order valence-corrected chi connectivity index (χ4v) is 13.5. The van der Waals surface area contributed by atoms with E-state index in [0.29, 0.717) is 0 Å². The zero-order valence-corrected chi connectivity index (χ0v) is 34.1. The van der Waals surface area contributed by atoms with Crippen LogP contribution >= 0.6 is 57.1 Å². The minimum atomic E-state index is 1.05. The van der Waals surface area contributed by atoms with Crippen molar-refractivity contribution >= 4 is 79.3 Å². The molecule has 2 aliphatic carbocycles. The number of unbranched alkanes of at least 4 members (excludes halogenated alkanes) is 9. The van der Waals surface area contributed by atoms with E-state index in [4.69, 9.17) is 8.75 Å². The fourth-order valence-electron chi connectivity index (χ4n) is 8.04. The van der Waals surface area contributed by atoms with Gasteiger partial charge in [0.05, 0.1) is 11.7 Å². The molecule has 0 saturated heterocycles. The summed E-state index contributed by atoms with van der Waals surface area (Å²) in [6.07, 6.45) is 19.7. The normalized spacial score (nSPS) is 15.5. The third-order valence-corrected chi connectivity index (χ3v) is 16.4. The maximum Gasteiger partial charge on any atom is 0.114 e. The van der Waals surface area contributed by atoms with Crippen LogP contribution in [0.15, 0.2) is 36.4 Å². The molecule has 2 aliphatic rings. The highest BCUT2D eigenvalue weighted by Crippen LogP contribution is 2.52. The predicted molar refractivity (Wildman–Crippen MR) is 225 cm³/mol. The van der Waals surface area contributed by atoms with Crippen molar-refractivity contribution < 1.29 is 0 Å². The van der Waals surface area contributed by atoms with E-state index < -0.39 is 0 Å². The summed E-state index contributed by atoms with van der Waals surface area (Å²) in [6, 6.07) is 14.4. The predicted octanol–water partition coefficient (Wildman–Crippen LogP) is 15.1. The molecule has 0 bridgehead atoms. The lowest BCUT2D eigenvalue weighted by molar-refractivity contribution is 0.556. The molecule has 0 radical (unpaired) electrons. The molecule has 0 spiro atoms. The number of rotatable bonds is 14. The molecule has 50 heavy (non-hydrogen) atoms. The monoisotopic (exact) mass is 752 g/mol. The lowest BCUT2D eigenvalue weighted by Crippen LogP contribution is -1.87. The molecule has 260 valence electrons. The Balaban J connectivity index is 1.09. The highest BCUT2D eigenvalue weighted by molar-refractivity contribution is 7.24. The first-order valence-electron chi connectivity index (χ1n) is 18.9. The van der Waals surface area contributed by atoms with Crippen molar-refractivity contribution in [1.82, 2.24) is 8.75 Å². The molecule has 0 saturated carbocycles. The average molecular weight is 753 g/mol. The minimum absolute atomic E-state index is 1.05. The molecule has 5 aromatic heterocycles. The number of hydrogen-bond donors (Lipinski definition) is 0. The molecule has 7 heteroatoms. The first-order valence-corrected chi connectivity index (χ1v) is 22.9. The van der Waals surface area contributed by atoms with Crippen LogP contribution in [0, 0.1) is 20.8 Å². The molecule has 6 aromatic rings. The molecule has 0 N–H and O–H groups in total. The van der Waals surface area contributed by atoms with Crippen LogP contribution in [-0.2, 0) is 19.3 Å². The Morgan fingerprint density at radius 1 is 0.560 bits per heavy atom. The van der Waals surface area contributed by atoms with E-state index in [1.165, 1.54) is 153 Å². The molecule has 0 unspecified atom stereocenters. The van der Waals surface area contributed by atoms with Gasteiger partial charge in [0, 0.05) is 50.1 Å². The van der Waals surface area contributed by atoms with Crippen LogP contribution in [0.3, 0.4) is 0 Å². The Morgan fingerprint density at radius 3 is 1.78 bits per heavy atom. The third kappa shape index (κ3) is 6.90. The minimum Gasteiger partial charge on any atom is -0.172 e. The van der Waals surface area contributed by atoms with E-state index in [-0.39, 0.29) is 0 Å². The highest BCUT2D eigenvalue weighted by atomic mass is 32.1. The van der Waals surface area contributed by atoms with Gasteiger partial charge in [-0.2, -0.15) is 8.75 Å². The summed E-state index contributed by atoms with van der Waals surface area (Å²) in [5.41, 5.74) is 13.9. The number of fused-ring (bicyclic) bond motifs is 3. The number of allylic oxidation sites excluding steroid dienone is 2. The summed E-state index contributed by atoms with van der Waals surface area (Å²) < 4.78 is 9.75. The molecule has 0 atom stereocenters. The van der Waals surface area contributed by atoms with Gasteiger partial charge in [-0.15, -0.1) is 45.3 Å². The highest BCUT2D eigenvalue weighted by Gasteiger charge is 2.29. The molecule has 0 amide bonds. The largest absolute Gasteiger partial charge is 0.172 e. The first kappa shape index (κ1) is 34.7. The second-order valence-electron chi connectivity index (χ2n) is 14.5. The Bertz CT molecular complexity index is 2140. The van der Waals surface area contributed by atoms with Crippen molar-refractivity contribution in [3.63, 3.8) is 0 Å². The molecule has 5 heterocycles. The van der Waals surface area contributed by atoms with E-state index in [1.54, 1.807) is 32.0 Å². The maximum atomic E-state index is 4.90. The van der Waals surface area contributed by atoms with Crippen LogP contribution in [0.2, 0.25) is 0 Å². The van der Waals surface area contributed by atoms with Crippen molar-refractivity contribution in [2.75, 3.05) is 0 Å². The quantitative estimate of drug-likeness (QED) is 0.104. The van der Waals surface area contributed by atoms with Crippen molar-refractivity contribution in [3.8, 4) is 30.6 Å². The lowest BCUT2D eigenvalue weighted by atomic mass is 10.0. The standard InChI is InChI=1S/C43H48N2S5/c1-5-6-7-8-9-10-11-12-13-14-15-29-24-37(35-21-20-34(39-40(35)45-50-44-39)36-22-26(2)28(4)47-36)48-43(29)38-25-31-17-19-33(42(31)49-38)32-18-16-30-23-27(3)46-41(30)32/h20-25H,5-19H2,1-4H3/b33-32+. The van der Waals surface area contributed by atoms with E-state index in [0.717, 1.165) is 17.5 Å². The van der Waals surface area contributed by atoms with Crippen LogP contribution < -0.4 is 0 Å². The second kappa shape index (κ2) is 15.3. The summed E-state index contributed by atoms with van der Waals surface area (Å²) in [4.78, 5) is 11.6. The van der Waals surface area contributed by atoms with Gasteiger partial charge in [0.2, 0.25) is 0 Å². The Morgan fingerprint density at radius 2 is 1.14 bits per heavy atom. The summed E-state index contributed by atoms with van der Waals surface area (Å²) in [7, 11) is 0. The number of nitrogens with zero attached hydrogens (tertiary/aromatic N) is 2. The zero-order valence-electron chi connectivity index (χ0n) is 30.0. The van der Waals surface area contributed by atoms with Crippen molar-refractivity contribution in [3.05, 3.63) is 78.2 Å². The van der Waals surface area contributed by atoms with Crippen LogP contribution in [0.1, 0.15) is 126 Å². The number of aromatic nitrogens is 2. The van der Waals surface area contributed by atoms with Crippen LogP contribution in [0.5, 0.6) is 0 Å². The van der Waals surface area contributed by atoms with Crippen LogP contribution in [0.25, 0.3) is 52.8 Å². The lowest BCUT2D eigenvalue weighted by Gasteiger charge is -2.06. The molecular formula is C43H48N2S5. The van der Waals surface area contributed by atoms with Gasteiger partial charge >= 0.3 is 0 Å². The molecule has 0 fully saturated rings. The third-order valence-electron chi connectivity index (χ3n) is 10.9. The van der Waals surface area contributed by atoms with Crippen LogP contribution in [0.4, 0.5) is 0 Å². The van der Waals surface area contributed by atoms with Crippen molar-refractivity contribution in [2.24, 2.45) is 0 Å². The van der Waals surface area contributed by atoms with Gasteiger partial charge in [-0.3, -0.25) is 0 Å². The molecular weight excluding hydrogens is 705 g/mol. The summed E-state index contributed by atoms with van der Waals surface area (Å²) in [6.45, 7) is 8.99. The van der Waals surface area contributed by atoms with Gasteiger partial charge in [0.15, 0.2) is 0 Å². The van der Waals surface area contributed by atoms with Gasteiger partial charge in [-0.05, 0) is 117 Å². The zero-order chi connectivity index (χ0) is 34.2. The Kier molecular flexibility index (Phi) is 10.6. The Hall–Kier alpha value is -2.42. The summed E-state index contributed by atoms with van der Waals surface area (Å²) in [5, 5.41) is 0. The van der Waals surface area contributed by atoms with E-state index in [1.807, 2.05) is 34.0 Å². The number of aryl methyl sites for hydroxylation is 6. The van der Waals surface area contributed by atoms with E-state index in [2.05, 4.69) is 75.4 Å². The van der Waals surface area contributed by atoms with Crippen molar-refractivity contribution in [2.45, 2.75) is 124 Å². The maximum absolute atomic E-state index is 4.90. The summed E-state index contributed by atoms with van der Waals surface area (Å²) in [5.74, 6) is 0. The van der Waals surface area contributed by atoms with E-state index >= 15 is 0 Å². The number of hydrogen-bond acceptors (Lipinski definition) is 7. The van der Waals surface area contributed by atoms with Gasteiger partial charge in [0.1, 0.15) is 11.0 Å². The van der Waals surface area contributed by atoms with Gasteiger partial charge in [-0.25, -0.2) is 0 Å². The average Bonchev–Trinajstić information content (AvgIpc) is 3.95. The molecule has 1 aromatic carbocycles. The number of benzene rings is 1. The summed E-state index contributed by atoms with van der Waals surface area (Å²) >= 11 is 9.30. The van der Waals surface area contributed by atoms with Gasteiger partial charge < -0.3 is 0 Å². The second-order valence-corrected chi connectivity index (χ2v) is 19.6. The smallest absolute Gasteiger partial charge is 0.114 e. The fraction of sp³-hybridized carbons (Fsp3) is 0.442. The SMILES string of the molecule is CCCCCCCCCCCCc1cc(-c2ccc(-c3cc(C)c(C)s3)c3nsnc23)sc1-c1cc2c(s1)/C(=C1\CCc3cc(C)sc31)CC2. The first-order chi connectivity index (χ1) is 24.5. The topological polar surface area (TPSA) is 25.8 Å². The van der Waals surface area contributed by atoms with Crippen molar-refractivity contribution in [1.29, 1.82) is 0 Å². The Labute approximate surface area is 318 Å². The van der Waals surface area contributed by atoms with E-state index in [9.17, 15) is 0 Å². The van der Waals surface area contributed by atoms with Crippen LogP contribution in [-0.4, -0.2) is 8.75 Å². The van der Waals surface area contributed by atoms with Gasteiger partial charge in [-0.1, -0.05) is 76.8 Å². The number of thiophene rings is 4. The molecule has 2 nitrogen and oxygen atoms in total. The molecule has 0 aliphatic heterocycles. The van der Waals surface area contributed by atoms with Gasteiger partial charge in [0.25, 0.3) is 0 Å².